The van der Waals surface area contributed by atoms with Crippen LogP contribution in [0, 0.1) is 18.2 Å². The molecule has 1 N–H and O–H groups in total. The Hall–Kier alpha value is -2.74. The fourth-order valence-electron chi connectivity index (χ4n) is 4.55. The molecule has 8 heteroatoms. The van der Waals surface area contributed by atoms with E-state index in [2.05, 4.69) is 28.3 Å². The molecule has 7 nitrogen and oxygen atoms in total. The number of rotatable bonds is 7. The van der Waals surface area contributed by atoms with Gasteiger partial charge in [-0.3, -0.25) is 14.4 Å². The van der Waals surface area contributed by atoms with E-state index in [0.717, 1.165) is 43.1 Å². The van der Waals surface area contributed by atoms with Crippen LogP contribution in [0.1, 0.15) is 49.4 Å². The van der Waals surface area contributed by atoms with E-state index in [1.54, 1.807) is 12.1 Å². The van der Waals surface area contributed by atoms with Crippen LogP contribution in [-0.2, 0) is 22.7 Å². The number of hydrogen-bond donors (Lipinski definition) is 1. The molecule has 2 aromatic rings. The Balaban J connectivity index is 1.35. The largest absolute Gasteiger partial charge is 0.481 e. The van der Waals surface area contributed by atoms with E-state index >= 15 is 0 Å². The number of piperidine rings is 1. The summed E-state index contributed by atoms with van der Waals surface area (Å²) in [5, 5.41) is 18.7. The zero-order valence-electron chi connectivity index (χ0n) is 18.1. The summed E-state index contributed by atoms with van der Waals surface area (Å²) in [7, 11) is 0. The number of aromatic nitrogens is 2. The van der Waals surface area contributed by atoms with Crippen LogP contribution in [0.25, 0.3) is 0 Å². The number of nitrogens with zero attached hydrogens (tertiary/aromatic N) is 4. The molecule has 2 aliphatic rings. The van der Waals surface area contributed by atoms with Gasteiger partial charge in [0.1, 0.15) is 11.9 Å². The van der Waals surface area contributed by atoms with Crippen molar-refractivity contribution in [1.29, 1.82) is 0 Å². The maximum Gasteiger partial charge on any atom is 0.309 e. The summed E-state index contributed by atoms with van der Waals surface area (Å²) in [6, 6.07) is 6.14. The lowest BCUT2D eigenvalue weighted by Crippen LogP contribution is -2.45. The van der Waals surface area contributed by atoms with Crippen molar-refractivity contribution in [3.05, 3.63) is 53.1 Å². The van der Waals surface area contributed by atoms with E-state index < -0.39 is 11.4 Å². The molecule has 1 atom stereocenters. The van der Waals surface area contributed by atoms with Crippen LogP contribution in [-0.4, -0.2) is 50.7 Å². The number of aryl methyl sites for hydroxylation is 2. The number of carboxylic acids is 1. The van der Waals surface area contributed by atoms with E-state index in [0.29, 0.717) is 25.7 Å². The number of benzene rings is 1. The average molecular weight is 429 g/mol. The number of carboxylic acid groups (broad SMARTS) is 1. The average Bonchev–Trinajstić information content (AvgIpc) is 3.36. The minimum atomic E-state index is -0.808. The van der Waals surface area contributed by atoms with Gasteiger partial charge in [-0.25, -0.2) is 4.39 Å². The number of likely N-dealkylation sites (tertiary alicyclic amines) is 1. The van der Waals surface area contributed by atoms with Crippen molar-refractivity contribution >= 4 is 11.7 Å². The first-order valence-electron chi connectivity index (χ1n) is 10.9. The molecule has 166 valence electrons. The van der Waals surface area contributed by atoms with Gasteiger partial charge in [0, 0.05) is 37.7 Å². The second-order valence-electron chi connectivity index (χ2n) is 8.64. The maximum atomic E-state index is 13.2. The quantitative estimate of drug-likeness (QED) is 0.729. The lowest BCUT2D eigenvalue weighted by Gasteiger charge is -2.39. The molecule has 0 unspecified atom stereocenters. The summed E-state index contributed by atoms with van der Waals surface area (Å²) in [5.41, 5.74) is 2.97. The highest BCUT2D eigenvalue weighted by Crippen LogP contribution is 2.39. The minimum absolute atomic E-state index is 0.271. The van der Waals surface area contributed by atoms with Crippen LogP contribution in [0.4, 0.5) is 4.39 Å². The molecule has 31 heavy (non-hydrogen) atoms. The summed E-state index contributed by atoms with van der Waals surface area (Å²) in [6.07, 6.45) is 3.93. The smallest absolute Gasteiger partial charge is 0.309 e. The molecule has 0 radical (unpaired) electrons. The molecule has 0 amide bonds. The zero-order valence-corrected chi connectivity index (χ0v) is 18.1. The third-order valence-electron chi connectivity index (χ3n) is 6.56. The van der Waals surface area contributed by atoms with Gasteiger partial charge in [0.2, 0.25) is 0 Å². The molecule has 3 heterocycles. The summed E-state index contributed by atoms with van der Waals surface area (Å²) < 4.78 is 15.1. The highest BCUT2D eigenvalue weighted by atomic mass is 19.1. The first-order chi connectivity index (χ1) is 14.9. The van der Waals surface area contributed by atoms with Crippen LogP contribution in [0.3, 0.4) is 0 Å². The molecule has 0 aliphatic carbocycles. The van der Waals surface area contributed by atoms with Crippen LogP contribution in [0.15, 0.2) is 35.6 Å². The Morgan fingerprint density at radius 2 is 2.00 bits per heavy atom. The van der Waals surface area contributed by atoms with Gasteiger partial charge in [-0.05, 0) is 57.5 Å². The van der Waals surface area contributed by atoms with Crippen molar-refractivity contribution in [1.82, 2.24) is 14.7 Å². The Bertz CT molecular complexity index is 962. The van der Waals surface area contributed by atoms with Crippen molar-refractivity contribution in [3.8, 4) is 0 Å². The van der Waals surface area contributed by atoms with Crippen molar-refractivity contribution < 1.29 is 19.1 Å². The van der Waals surface area contributed by atoms with Gasteiger partial charge in [0.15, 0.2) is 0 Å². The van der Waals surface area contributed by atoms with Gasteiger partial charge in [-0.1, -0.05) is 17.3 Å². The molecule has 4 rings (SSSR count). The fourth-order valence-corrected chi connectivity index (χ4v) is 4.55. The Kier molecular flexibility index (Phi) is 6.09. The van der Waals surface area contributed by atoms with Gasteiger partial charge in [-0.2, -0.15) is 5.10 Å². The molecule has 0 saturated carbocycles. The third kappa shape index (κ3) is 4.63. The van der Waals surface area contributed by atoms with Crippen molar-refractivity contribution in [2.24, 2.45) is 10.6 Å². The van der Waals surface area contributed by atoms with E-state index in [1.165, 1.54) is 17.7 Å². The van der Waals surface area contributed by atoms with E-state index in [-0.39, 0.29) is 11.9 Å². The minimum Gasteiger partial charge on any atom is -0.481 e. The van der Waals surface area contributed by atoms with E-state index in [9.17, 15) is 14.3 Å². The van der Waals surface area contributed by atoms with Crippen LogP contribution in [0.2, 0.25) is 0 Å². The molecular formula is C23H29FN4O3. The summed E-state index contributed by atoms with van der Waals surface area (Å²) in [5.74, 6) is -1.06. The van der Waals surface area contributed by atoms with Crippen LogP contribution in [0.5, 0.6) is 0 Å². The number of carbonyl (C=O) groups is 1. The SMILES string of the molecule is CCn1cc(CN2CCC(C[C@@H]3CC(c4ccc(F)cc4)=NO3)(C(=O)O)CC2)c(C)n1. The van der Waals surface area contributed by atoms with Crippen molar-refractivity contribution in [3.63, 3.8) is 0 Å². The van der Waals surface area contributed by atoms with Gasteiger partial charge < -0.3 is 9.94 Å². The summed E-state index contributed by atoms with van der Waals surface area (Å²) in [6.45, 7) is 7.16. The first-order valence-corrected chi connectivity index (χ1v) is 10.9. The standard InChI is InChI=1S/C23H29FN4O3/c1-3-28-15-18(16(2)25-28)14-27-10-8-23(9-11-27,22(29)30)13-20-12-21(26-31-20)17-4-6-19(24)7-5-17/h4-7,15,20H,3,8-14H2,1-2H3,(H,29,30)/t20-/m0/s1. The van der Waals surface area contributed by atoms with Crippen LogP contribution >= 0.6 is 0 Å². The molecule has 0 spiro atoms. The molecule has 1 aromatic carbocycles. The molecule has 1 saturated heterocycles. The molecule has 2 aliphatic heterocycles. The summed E-state index contributed by atoms with van der Waals surface area (Å²) in [4.78, 5) is 20.1. The van der Waals surface area contributed by atoms with Gasteiger partial charge in [0.05, 0.1) is 16.8 Å². The zero-order chi connectivity index (χ0) is 22.0. The number of hydrogen-bond acceptors (Lipinski definition) is 5. The predicted molar refractivity (Wildman–Crippen MR) is 114 cm³/mol. The number of halogens is 1. The second kappa shape index (κ2) is 8.78. The van der Waals surface area contributed by atoms with Crippen molar-refractivity contribution in [2.75, 3.05) is 13.1 Å². The Morgan fingerprint density at radius 3 is 2.61 bits per heavy atom. The van der Waals surface area contributed by atoms with E-state index in [4.69, 9.17) is 4.84 Å². The lowest BCUT2D eigenvalue weighted by atomic mass is 9.73. The lowest BCUT2D eigenvalue weighted by molar-refractivity contribution is -0.155. The number of aliphatic carboxylic acids is 1. The van der Waals surface area contributed by atoms with Crippen LogP contribution < -0.4 is 0 Å². The third-order valence-corrected chi connectivity index (χ3v) is 6.56. The highest BCUT2D eigenvalue weighted by Gasteiger charge is 2.45. The van der Waals surface area contributed by atoms with Gasteiger partial charge in [-0.15, -0.1) is 0 Å². The Morgan fingerprint density at radius 1 is 1.29 bits per heavy atom. The monoisotopic (exact) mass is 428 g/mol. The molecule has 1 aromatic heterocycles. The van der Waals surface area contributed by atoms with E-state index in [1.807, 2.05) is 11.6 Å². The molecule has 0 bridgehead atoms. The van der Waals surface area contributed by atoms with Crippen molar-refractivity contribution in [2.45, 2.75) is 58.7 Å². The highest BCUT2D eigenvalue weighted by molar-refractivity contribution is 6.01. The summed E-state index contributed by atoms with van der Waals surface area (Å²) >= 11 is 0. The fraction of sp³-hybridized carbons (Fsp3) is 0.522. The molecular weight excluding hydrogens is 399 g/mol. The predicted octanol–water partition coefficient (Wildman–Crippen LogP) is 3.60. The maximum absolute atomic E-state index is 13.2. The number of oxime groups is 1. The first kappa shape index (κ1) is 21.5. The topological polar surface area (TPSA) is 80.0 Å². The Labute approximate surface area is 181 Å². The second-order valence-corrected chi connectivity index (χ2v) is 8.64. The van der Waals surface area contributed by atoms with Gasteiger partial charge >= 0.3 is 5.97 Å². The molecule has 1 fully saturated rings. The normalized spacial score (nSPS) is 21.0. The van der Waals surface area contributed by atoms with Gasteiger partial charge in [0.25, 0.3) is 0 Å².